The van der Waals surface area contributed by atoms with E-state index in [0.29, 0.717) is 22.2 Å². The van der Waals surface area contributed by atoms with Gasteiger partial charge in [-0.1, -0.05) is 11.6 Å². The Morgan fingerprint density at radius 2 is 1.83 bits per heavy atom. The number of nitrogens with zero attached hydrogens (tertiary/aromatic N) is 1. The highest BCUT2D eigenvalue weighted by Crippen LogP contribution is 2.18. The number of hydrogen-bond acceptors (Lipinski definition) is 4. The van der Waals surface area contributed by atoms with Gasteiger partial charge in [0.05, 0.1) is 0 Å². The molecule has 1 N–H and O–H groups in total. The predicted octanol–water partition coefficient (Wildman–Crippen LogP) is 4.16. The van der Waals surface area contributed by atoms with Crippen molar-refractivity contribution in [3.05, 3.63) is 77.5 Å². The van der Waals surface area contributed by atoms with Crippen LogP contribution in [0, 0.1) is 0 Å². The van der Waals surface area contributed by atoms with E-state index in [2.05, 4.69) is 10.3 Å². The van der Waals surface area contributed by atoms with Gasteiger partial charge in [-0.05, 0) is 48.5 Å². The number of nitrogens with one attached hydrogen (secondary N) is 1. The standard InChI is InChI=1S/C17H13ClN2O3/c18-12-1-3-14(4-2-12)22-11-15-5-6-16(23-15)17(21)20-13-7-9-19-10-8-13/h1-10H,11H2,(H,19,20,21). The largest absolute Gasteiger partial charge is 0.486 e. The summed E-state index contributed by atoms with van der Waals surface area (Å²) in [6.07, 6.45) is 3.20. The van der Waals surface area contributed by atoms with Crippen LogP contribution < -0.4 is 10.1 Å². The summed E-state index contributed by atoms with van der Waals surface area (Å²) in [6.45, 7) is 0.226. The second kappa shape index (κ2) is 6.98. The lowest BCUT2D eigenvalue weighted by Crippen LogP contribution is -2.10. The molecular weight excluding hydrogens is 316 g/mol. The first-order chi connectivity index (χ1) is 11.2. The van der Waals surface area contributed by atoms with Crippen LogP contribution in [-0.2, 0) is 6.61 Å². The Kier molecular flexibility index (Phi) is 4.59. The highest BCUT2D eigenvalue weighted by molar-refractivity contribution is 6.30. The van der Waals surface area contributed by atoms with Crippen molar-refractivity contribution in [2.45, 2.75) is 6.61 Å². The maximum absolute atomic E-state index is 12.1. The first kappa shape index (κ1) is 15.1. The Balaban J connectivity index is 1.59. The monoisotopic (exact) mass is 328 g/mol. The molecule has 0 spiro atoms. The summed E-state index contributed by atoms with van der Waals surface area (Å²) in [5.41, 5.74) is 0.653. The van der Waals surface area contributed by atoms with Gasteiger partial charge in [0.15, 0.2) is 5.76 Å². The zero-order valence-electron chi connectivity index (χ0n) is 12.0. The molecule has 116 valence electrons. The van der Waals surface area contributed by atoms with E-state index in [1.807, 2.05) is 0 Å². The van der Waals surface area contributed by atoms with Gasteiger partial charge in [-0.25, -0.2) is 0 Å². The van der Waals surface area contributed by atoms with E-state index in [-0.39, 0.29) is 18.3 Å². The van der Waals surface area contributed by atoms with E-state index in [1.54, 1.807) is 60.9 Å². The Labute approximate surface area is 137 Å². The van der Waals surface area contributed by atoms with Crippen molar-refractivity contribution in [2.24, 2.45) is 0 Å². The molecule has 0 bridgehead atoms. The van der Waals surface area contributed by atoms with Gasteiger partial charge in [-0.3, -0.25) is 9.78 Å². The number of hydrogen-bond donors (Lipinski definition) is 1. The third-order valence-electron chi connectivity index (χ3n) is 3.02. The van der Waals surface area contributed by atoms with Gasteiger partial charge >= 0.3 is 0 Å². The number of halogens is 1. The zero-order chi connectivity index (χ0) is 16.1. The molecule has 1 aromatic carbocycles. The fourth-order valence-corrected chi connectivity index (χ4v) is 2.02. The topological polar surface area (TPSA) is 64.4 Å². The summed E-state index contributed by atoms with van der Waals surface area (Å²) in [5, 5.41) is 3.37. The van der Waals surface area contributed by atoms with Gasteiger partial charge in [0, 0.05) is 23.1 Å². The normalized spacial score (nSPS) is 10.3. The number of rotatable bonds is 5. The predicted molar refractivity (Wildman–Crippen MR) is 86.7 cm³/mol. The van der Waals surface area contributed by atoms with Crippen molar-refractivity contribution >= 4 is 23.2 Å². The smallest absolute Gasteiger partial charge is 0.291 e. The molecule has 0 unspecified atom stereocenters. The highest BCUT2D eigenvalue weighted by atomic mass is 35.5. The molecule has 6 heteroatoms. The summed E-state index contributed by atoms with van der Waals surface area (Å²) in [7, 11) is 0. The van der Waals surface area contributed by atoms with Gasteiger partial charge in [0.25, 0.3) is 5.91 Å². The van der Waals surface area contributed by atoms with Gasteiger partial charge in [-0.2, -0.15) is 0 Å². The zero-order valence-corrected chi connectivity index (χ0v) is 12.8. The van der Waals surface area contributed by atoms with Crippen LogP contribution in [0.4, 0.5) is 5.69 Å². The second-order valence-electron chi connectivity index (χ2n) is 4.70. The average Bonchev–Trinajstić information content (AvgIpc) is 3.04. The fraction of sp³-hybridized carbons (Fsp3) is 0.0588. The van der Waals surface area contributed by atoms with E-state index in [9.17, 15) is 4.79 Å². The molecule has 0 saturated heterocycles. The minimum absolute atomic E-state index is 0.219. The van der Waals surface area contributed by atoms with Crippen molar-refractivity contribution < 1.29 is 13.9 Å². The first-order valence-corrected chi connectivity index (χ1v) is 7.27. The van der Waals surface area contributed by atoms with Crippen molar-refractivity contribution in [1.29, 1.82) is 0 Å². The summed E-state index contributed by atoms with van der Waals surface area (Å²) >= 11 is 5.81. The van der Waals surface area contributed by atoms with E-state index in [1.165, 1.54) is 0 Å². The van der Waals surface area contributed by atoms with Crippen LogP contribution in [0.25, 0.3) is 0 Å². The van der Waals surface area contributed by atoms with Crippen molar-refractivity contribution in [3.63, 3.8) is 0 Å². The average molecular weight is 329 g/mol. The quantitative estimate of drug-likeness (QED) is 0.763. The van der Waals surface area contributed by atoms with Crippen LogP contribution in [0.5, 0.6) is 5.75 Å². The Morgan fingerprint density at radius 1 is 1.09 bits per heavy atom. The summed E-state index contributed by atoms with van der Waals surface area (Å²) in [6, 6.07) is 13.7. The first-order valence-electron chi connectivity index (χ1n) is 6.89. The molecule has 2 aromatic heterocycles. The van der Waals surface area contributed by atoms with Gasteiger partial charge in [0.1, 0.15) is 18.1 Å². The molecule has 0 radical (unpaired) electrons. The second-order valence-corrected chi connectivity index (χ2v) is 5.14. The third-order valence-corrected chi connectivity index (χ3v) is 3.27. The van der Waals surface area contributed by atoms with Crippen LogP contribution in [-0.4, -0.2) is 10.9 Å². The summed E-state index contributed by atoms with van der Waals surface area (Å²) in [4.78, 5) is 15.9. The number of anilines is 1. The van der Waals surface area contributed by atoms with Crippen molar-refractivity contribution in [3.8, 4) is 5.75 Å². The van der Waals surface area contributed by atoms with Gasteiger partial charge < -0.3 is 14.5 Å². The molecule has 0 saturated carbocycles. The number of furan rings is 1. The molecule has 5 nitrogen and oxygen atoms in total. The van der Waals surface area contributed by atoms with Crippen molar-refractivity contribution in [1.82, 2.24) is 4.98 Å². The number of benzene rings is 1. The van der Waals surface area contributed by atoms with Crippen LogP contribution in [0.3, 0.4) is 0 Å². The number of amides is 1. The maximum atomic E-state index is 12.1. The fourth-order valence-electron chi connectivity index (χ4n) is 1.89. The molecule has 2 heterocycles. The molecule has 1 amide bonds. The molecule has 0 fully saturated rings. The molecule has 0 aliphatic carbocycles. The summed E-state index contributed by atoms with van der Waals surface area (Å²) < 4.78 is 11.1. The van der Waals surface area contributed by atoms with Crippen LogP contribution in [0.15, 0.2) is 65.3 Å². The maximum Gasteiger partial charge on any atom is 0.291 e. The molecule has 0 atom stereocenters. The Hall–Kier alpha value is -2.79. The number of carbonyl (C=O) groups excluding carboxylic acids is 1. The molecule has 3 aromatic rings. The van der Waals surface area contributed by atoms with Gasteiger partial charge in [-0.15, -0.1) is 0 Å². The van der Waals surface area contributed by atoms with E-state index in [0.717, 1.165) is 0 Å². The van der Waals surface area contributed by atoms with Crippen LogP contribution >= 0.6 is 11.6 Å². The van der Waals surface area contributed by atoms with Crippen LogP contribution in [0.2, 0.25) is 5.02 Å². The Morgan fingerprint density at radius 3 is 2.57 bits per heavy atom. The highest BCUT2D eigenvalue weighted by Gasteiger charge is 2.11. The lowest BCUT2D eigenvalue weighted by molar-refractivity contribution is 0.0992. The lowest BCUT2D eigenvalue weighted by atomic mass is 10.3. The minimum atomic E-state index is -0.325. The molecule has 0 aliphatic rings. The molecule has 23 heavy (non-hydrogen) atoms. The molecule has 0 aliphatic heterocycles. The molecule has 3 rings (SSSR count). The molecular formula is C17H13ClN2O3. The van der Waals surface area contributed by atoms with Crippen LogP contribution in [0.1, 0.15) is 16.3 Å². The van der Waals surface area contributed by atoms with E-state index in [4.69, 9.17) is 20.8 Å². The van der Waals surface area contributed by atoms with Crippen molar-refractivity contribution in [2.75, 3.05) is 5.32 Å². The van der Waals surface area contributed by atoms with E-state index < -0.39 is 0 Å². The SMILES string of the molecule is O=C(Nc1ccncc1)c1ccc(COc2ccc(Cl)cc2)o1. The van der Waals surface area contributed by atoms with Gasteiger partial charge in [0.2, 0.25) is 0 Å². The lowest BCUT2D eigenvalue weighted by Gasteiger charge is -2.04. The minimum Gasteiger partial charge on any atom is -0.486 e. The summed E-state index contributed by atoms with van der Waals surface area (Å²) in [5.74, 6) is 1.12. The third kappa shape index (κ3) is 4.11. The number of carbonyl (C=O) groups is 1. The Bertz CT molecular complexity index is 785. The number of aromatic nitrogens is 1. The number of ether oxygens (including phenoxy) is 1. The van der Waals surface area contributed by atoms with E-state index >= 15 is 0 Å². The number of pyridine rings is 1.